The molecule has 1 aromatic carbocycles. The Morgan fingerprint density at radius 3 is 2.56 bits per heavy atom. The normalized spacial score (nSPS) is 16.3. The predicted octanol–water partition coefficient (Wildman–Crippen LogP) is 2.47. The van der Waals surface area contributed by atoms with Gasteiger partial charge in [-0.25, -0.2) is 0 Å². The van der Waals surface area contributed by atoms with Crippen LogP contribution in [-0.2, 0) is 16.6 Å². The van der Waals surface area contributed by atoms with Gasteiger partial charge in [-0.2, -0.15) is 0 Å². The largest absolute Gasteiger partial charge is 0.504 e. The minimum absolute atomic E-state index is 0.0702. The highest BCUT2D eigenvalue weighted by molar-refractivity contribution is 5.71. The summed E-state index contributed by atoms with van der Waals surface area (Å²) in [4.78, 5) is 11.0. The van der Waals surface area contributed by atoms with Crippen molar-refractivity contribution in [2.75, 3.05) is 7.11 Å². The zero-order valence-corrected chi connectivity index (χ0v) is 10.7. The Labute approximate surface area is 106 Å². The third-order valence-electron chi connectivity index (χ3n) is 3.70. The molecule has 0 spiro atoms. The van der Waals surface area contributed by atoms with E-state index in [-0.39, 0.29) is 12.2 Å². The Kier molecular flexibility index (Phi) is 3.20. The molecule has 2 rings (SSSR count). The van der Waals surface area contributed by atoms with E-state index in [1.165, 1.54) is 7.11 Å². The van der Waals surface area contributed by atoms with Gasteiger partial charge < -0.3 is 14.9 Å². The Hall–Kier alpha value is -1.71. The molecular weight excluding hydrogens is 232 g/mol. The molecular formula is C14H18O4. The van der Waals surface area contributed by atoms with E-state index in [9.17, 15) is 9.90 Å². The number of aliphatic carboxylic acids is 1. The number of hydrogen-bond acceptors (Lipinski definition) is 3. The molecule has 0 radical (unpaired) electrons. The first kappa shape index (κ1) is 12.7. The maximum absolute atomic E-state index is 11.0. The molecule has 1 aliphatic carbocycles. The third-order valence-corrected chi connectivity index (χ3v) is 3.70. The van der Waals surface area contributed by atoms with Crippen LogP contribution in [0.3, 0.4) is 0 Å². The highest BCUT2D eigenvalue weighted by Crippen LogP contribution is 2.56. The Balaban J connectivity index is 2.51. The van der Waals surface area contributed by atoms with E-state index in [0.717, 1.165) is 30.4 Å². The van der Waals surface area contributed by atoms with E-state index in [2.05, 4.69) is 0 Å². The van der Waals surface area contributed by atoms with Crippen molar-refractivity contribution in [3.63, 3.8) is 0 Å². The number of phenolic OH excluding ortho intramolecular Hbond substituents is 1. The molecule has 18 heavy (non-hydrogen) atoms. The summed E-state index contributed by atoms with van der Waals surface area (Å²) >= 11 is 0. The smallest absolute Gasteiger partial charge is 0.304 e. The molecule has 1 saturated carbocycles. The van der Waals surface area contributed by atoms with Crippen molar-refractivity contribution in [1.29, 1.82) is 0 Å². The van der Waals surface area contributed by atoms with Crippen molar-refractivity contribution in [2.45, 2.75) is 38.0 Å². The highest BCUT2D eigenvalue weighted by Gasteiger charge is 2.49. The van der Waals surface area contributed by atoms with E-state index >= 15 is 0 Å². The van der Waals surface area contributed by atoms with E-state index in [0.29, 0.717) is 5.75 Å². The second-order valence-electron chi connectivity index (χ2n) is 4.85. The molecule has 4 heteroatoms. The number of aromatic hydroxyl groups is 1. The van der Waals surface area contributed by atoms with Crippen molar-refractivity contribution in [3.8, 4) is 11.5 Å². The number of phenols is 1. The predicted molar refractivity (Wildman–Crippen MR) is 67.2 cm³/mol. The maximum Gasteiger partial charge on any atom is 0.304 e. The van der Waals surface area contributed by atoms with Crippen LogP contribution in [0.2, 0.25) is 0 Å². The Morgan fingerprint density at radius 1 is 1.44 bits per heavy atom. The molecule has 98 valence electrons. The number of carboxylic acid groups (broad SMARTS) is 1. The molecule has 1 aromatic rings. The van der Waals surface area contributed by atoms with Crippen LogP contribution in [0.5, 0.6) is 11.5 Å². The molecule has 1 fully saturated rings. The standard InChI is InChI=1S/C14H18O4/c1-3-9-4-5-10(18-2)13(17)12(9)14(6-7-14)8-11(15)16/h4-5,17H,3,6-8H2,1-2H3,(H,15,16). The molecule has 1 aliphatic rings. The topological polar surface area (TPSA) is 66.8 Å². The van der Waals surface area contributed by atoms with Gasteiger partial charge in [0.15, 0.2) is 11.5 Å². The summed E-state index contributed by atoms with van der Waals surface area (Å²) in [5, 5.41) is 19.3. The summed E-state index contributed by atoms with van der Waals surface area (Å²) in [5.74, 6) is -0.300. The van der Waals surface area contributed by atoms with Crippen LogP contribution in [0.4, 0.5) is 0 Å². The fourth-order valence-electron chi connectivity index (χ4n) is 2.62. The molecule has 0 aromatic heterocycles. The van der Waals surface area contributed by atoms with Gasteiger partial charge in [-0.1, -0.05) is 13.0 Å². The SMILES string of the molecule is CCc1ccc(OC)c(O)c1C1(CC(=O)O)CC1. The van der Waals surface area contributed by atoms with Gasteiger partial charge in [0.2, 0.25) is 0 Å². The fraction of sp³-hybridized carbons (Fsp3) is 0.500. The summed E-state index contributed by atoms with van der Waals surface area (Å²) in [7, 11) is 1.50. The molecule has 0 saturated heterocycles. The van der Waals surface area contributed by atoms with Gasteiger partial charge in [-0.3, -0.25) is 4.79 Å². The second-order valence-corrected chi connectivity index (χ2v) is 4.85. The maximum atomic E-state index is 11.0. The lowest BCUT2D eigenvalue weighted by Crippen LogP contribution is -2.15. The Bertz CT molecular complexity index is 475. The highest BCUT2D eigenvalue weighted by atomic mass is 16.5. The van der Waals surface area contributed by atoms with Crippen LogP contribution in [0, 0.1) is 0 Å². The van der Waals surface area contributed by atoms with Gasteiger partial charge >= 0.3 is 5.97 Å². The number of ether oxygens (including phenoxy) is 1. The summed E-state index contributed by atoms with van der Waals surface area (Å²) < 4.78 is 5.12. The lowest BCUT2D eigenvalue weighted by Gasteiger charge is -2.20. The zero-order valence-electron chi connectivity index (χ0n) is 10.7. The minimum atomic E-state index is -0.822. The van der Waals surface area contributed by atoms with Crippen LogP contribution < -0.4 is 4.74 Å². The summed E-state index contributed by atoms with van der Waals surface area (Å²) in [6.45, 7) is 2.00. The van der Waals surface area contributed by atoms with E-state index < -0.39 is 11.4 Å². The summed E-state index contributed by atoms with van der Waals surface area (Å²) in [6.07, 6.45) is 2.47. The summed E-state index contributed by atoms with van der Waals surface area (Å²) in [5.41, 5.74) is 1.38. The van der Waals surface area contributed by atoms with Crippen LogP contribution in [0.15, 0.2) is 12.1 Å². The van der Waals surface area contributed by atoms with Gasteiger partial charge in [0.05, 0.1) is 13.5 Å². The first-order chi connectivity index (χ1) is 8.54. The molecule has 0 heterocycles. The number of carbonyl (C=O) groups is 1. The Morgan fingerprint density at radius 2 is 2.11 bits per heavy atom. The van der Waals surface area contributed by atoms with Crippen molar-refractivity contribution in [1.82, 2.24) is 0 Å². The molecule has 4 nitrogen and oxygen atoms in total. The fourth-order valence-corrected chi connectivity index (χ4v) is 2.62. The quantitative estimate of drug-likeness (QED) is 0.842. The zero-order chi connectivity index (χ0) is 13.3. The molecule has 0 amide bonds. The number of benzene rings is 1. The van der Waals surface area contributed by atoms with Crippen molar-refractivity contribution in [2.24, 2.45) is 0 Å². The molecule has 2 N–H and O–H groups in total. The second kappa shape index (κ2) is 4.52. The van der Waals surface area contributed by atoms with Gasteiger partial charge in [-0.15, -0.1) is 0 Å². The number of hydrogen-bond donors (Lipinski definition) is 2. The first-order valence-electron chi connectivity index (χ1n) is 6.15. The van der Waals surface area contributed by atoms with Crippen molar-refractivity contribution in [3.05, 3.63) is 23.3 Å². The van der Waals surface area contributed by atoms with E-state index in [4.69, 9.17) is 9.84 Å². The minimum Gasteiger partial charge on any atom is -0.504 e. The monoisotopic (exact) mass is 250 g/mol. The third kappa shape index (κ3) is 2.03. The van der Waals surface area contributed by atoms with Crippen LogP contribution in [-0.4, -0.2) is 23.3 Å². The summed E-state index contributed by atoms with van der Waals surface area (Å²) in [6, 6.07) is 3.64. The van der Waals surface area contributed by atoms with Gasteiger partial charge in [0, 0.05) is 11.0 Å². The molecule has 0 bridgehead atoms. The average Bonchev–Trinajstić information content (AvgIpc) is 3.08. The lowest BCUT2D eigenvalue weighted by molar-refractivity contribution is -0.137. The average molecular weight is 250 g/mol. The lowest BCUT2D eigenvalue weighted by atomic mass is 9.86. The molecule has 0 unspecified atom stereocenters. The van der Waals surface area contributed by atoms with Crippen LogP contribution >= 0.6 is 0 Å². The number of rotatable bonds is 5. The molecule has 0 aliphatic heterocycles. The van der Waals surface area contributed by atoms with Crippen molar-refractivity contribution >= 4 is 5.97 Å². The van der Waals surface area contributed by atoms with E-state index in [1.54, 1.807) is 6.07 Å². The van der Waals surface area contributed by atoms with Gasteiger partial charge in [0.1, 0.15) is 0 Å². The number of aryl methyl sites for hydroxylation is 1. The molecule has 0 atom stereocenters. The van der Waals surface area contributed by atoms with Crippen LogP contribution in [0.25, 0.3) is 0 Å². The van der Waals surface area contributed by atoms with Crippen LogP contribution in [0.1, 0.15) is 37.3 Å². The van der Waals surface area contributed by atoms with E-state index in [1.807, 2.05) is 13.0 Å². The number of carboxylic acids is 1. The van der Waals surface area contributed by atoms with Gasteiger partial charge in [-0.05, 0) is 30.9 Å². The van der Waals surface area contributed by atoms with Gasteiger partial charge in [0.25, 0.3) is 0 Å². The first-order valence-corrected chi connectivity index (χ1v) is 6.15. The van der Waals surface area contributed by atoms with Crippen molar-refractivity contribution < 1.29 is 19.7 Å². The number of methoxy groups -OCH3 is 1.